The van der Waals surface area contributed by atoms with Crippen LogP contribution < -0.4 is 14.8 Å². The van der Waals surface area contributed by atoms with Crippen molar-refractivity contribution in [3.8, 4) is 11.5 Å². The van der Waals surface area contributed by atoms with Gasteiger partial charge in [-0.25, -0.2) is 0 Å². The minimum absolute atomic E-state index is 0.344. The molecule has 2 unspecified atom stereocenters. The summed E-state index contributed by atoms with van der Waals surface area (Å²) in [7, 11) is 2.21. The highest BCUT2D eigenvalue weighted by molar-refractivity contribution is 5.45. The molecule has 2 aliphatic rings. The molecule has 3 rings (SSSR count). The molecule has 20 heavy (non-hydrogen) atoms. The quantitative estimate of drug-likeness (QED) is 0.915. The van der Waals surface area contributed by atoms with Crippen molar-refractivity contribution >= 4 is 0 Å². The highest BCUT2D eigenvalue weighted by atomic mass is 16.7. The molecular weight excluding hydrogens is 252 g/mol. The lowest BCUT2D eigenvalue weighted by atomic mass is 9.97. The molecule has 0 bridgehead atoms. The summed E-state index contributed by atoms with van der Waals surface area (Å²) in [5.41, 5.74) is 1.29. The van der Waals surface area contributed by atoms with Gasteiger partial charge >= 0.3 is 0 Å². The van der Waals surface area contributed by atoms with E-state index in [2.05, 4.69) is 36.3 Å². The standard InChI is InChI=1S/C16H24N2O2/c1-12(18(2)10-13-4-3-7-17-9-13)14-5-6-15-16(8-14)20-11-19-15/h5-6,8,12-13,17H,3-4,7,9-11H2,1-2H3. The van der Waals surface area contributed by atoms with Crippen LogP contribution in [0.2, 0.25) is 0 Å². The van der Waals surface area contributed by atoms with Crippen molar-refractivity contribution in [2.45, 2.75) is 25.8 Å². The Morgan fingerprint density at radius 3 is 3.00 bits per heavy atom. The molecule has 110 valence electrons. The van der Waals surface area contributed by atoms with E-state index in [-0.39, 0.29) is 0 Å². The zero-order chi connectivity index (χ0) is 13.9. The molecule has 1 aromatic rings. The summed E-state index contributed by atoms with van der Waals surface area (Å²) in [5, 5.41) is 3.49. The van der Waals surface area contributed by atoms with Crippen LogP contribution in [-0.4, -0.2) is 38.4 Å². The average molecular weight is 276 g/mol. The predicted molar refractivity (Wildman–Crippen MR) is 79.2 cm³/mol. The average Bonchev–Trinajstić information content (AvgIpc) is 2.94. The Hall–Kier alpha value is -1.26. The number of ether oxygens (including phenoxy) is 2. The van der Waals surface area contributed by atoms with E-state index in [1.807, 2.05) is 6.07 Å². The Balaban J connectivity index is 1.63. The van der Waals surface area contributed by atoms with Crippen molar-refractivity contribution in [3.63, 3.8) is 0 Å². The molecule has 4 nitrogen and oxygen atoms in total. The molecule has 1 aromatic carbocycles. The van der Waals surface area contributed by atoms with Crippen LogP contribution in [-0.2, 0) is 0 Å². The number of nitrogens with zero attached hydrogens (tertiary/aromatic N) is 1. The van der Waals surface area contributed by atoms with Gasteiger partial charge in [-0.3, -0.25) is 4.90 Å². The van der Waals surface area contributed by atoms with Gasteiger partial charge in [-0.05, 0) is 63.5 Å². The topological polar surface area (TPSA) is 33.7 Å². The minimum atomic E-state index is 0.344. The second-order valence-corrected chi connectivity index (χ2v) is 5.94. The molecule has 2 aliphatic heterocycles. The molecular formula is C16H24N2O2. The summed E-state index contributed by atoms with van der Waals surface area (Å²) in [6.45, 7) is 6.07. The fraction of sp³-hybridized carbons (Fsp3) is 0.625. The van der Waals surface area contributed by atoms with Gasteiger partial charge in [0.05, 0.1) is 0 Å². The second-order valence-electron chi connectivity index (χ2n) is 5.94. The lowest BCUT2D eigenvalue weighted by Gasteiger charge is -2.31. The molecule has 0 radical (unpaired) electrons. The van der Waals surface area contributed by atoms with Crippen molar-refractivity contribution in [1.29, 1.82) is 0 Å². The van der Waals surface area contributed by atoms with Crippen molar-refractivity contribution < 1.29 is 9.47 Å². The van der Waals surface area contributed by atoms with Crippen LogP contribution >= 0.6 is 0 Å². The molecule has 2 atom stereocenters. The third kappa shape index (κ3) is 2.91. The number of rotatable bonds is 4. The third-order valence-corrected chi connectivity index (χ3v) is 4.49. The summed E-state index contributed by atoms with van der Waals surface area (Å²) in [4.78, 5) is 2.44. The van der Waals surface area contributed by atoms with Crippen LogP contribution in [0.1, 0.15) is 31.4 Å². The van der Waals surface area contributed by atoms with E-state index in [1.54, 1.807) is 0 Å². The van der Waals surface area contributed by atoms with Crippen molar-refractivity contribution in [1.82, 2.24) is 10.2 Å². The largest absolute Gasteiger partial charge is 0.454 e. The van der Waals surface area contributed by atoms with Crippen molar-refractivity contribution in [2.75, 3.05) is 33.5 Å². The van der Waals surface area contributed by atoms with Crippen LogP contribution in [0.15, 0.2) is 18.2 Å². The lowest BCUT2D eigenvalue weighted by Crippen LogP contribution is -2.37. The third-order valence-electron chi connectivity index (χ3n) is 4.49. The Morgan fingerprint density at radius 2 is 2.20 bits per heavy atom. The highest BCUT2D eigenvalue weighted by Gasteiger charge is 2.21. The van der Waals surface area contributed by atoms with Gasteiger partial charge in [-0.1, -0.05) is 6.07 Å². The monoisotopic (exact) mass is 276 g/mol. The van der Waals surface area contributed by atoms with Crippen LogP contribution in [0.25, 0.3) is 0 Å². The van der Waals surface area contributed by atoms with Gasteiger partial charge < -0.3 is 14.8 Å². The van der Waals surface area contributed by atoms with Crippen LogP contribution in [0.3, 0.4) is 0 Å². The van der Waals surface area contributed by atoms with E-state index in [0.717, 1.165) is 30.5 Å². The molecule has 0 aromatic heterocycles. The summed E-state index contributed by atoms with van der Waals surface area (Å²) < 4.78 is 10.8. The summed E-state index contributed by atoms with van der Waals surface area (Å²) >= 11 is 0. The van der Waals surface area contributed by atoms with Gasteiger partial charge in [0.25, 0.3) is 0 Å². The van der Waals surface area contributed by atoms with Gasteiger partial charge in [0.15, 0.2) is 11.5 Å². The van der Waals surface area contributed by atoms with E-state index in [9.17, 15) is 0 Å². The van der Waals surface area contributed by atoms with Crippen LogP contribution in [0.4, 0.5) is 0 Å². The first-order valence-electron chi connectivity index (χ1n) is 7.54. The first-order valence-corrected chi connectivity index (χ1v) is 7.54. The van der Waals surface area contributed by atoms with Gasteiger partial charge in [0, 0.05) is 12.6 Å². The zero-order valence-electron chi connectivity index (χ0n) is 12.4. The molecule has 0 saturated carbocycles. The highest BCUT2D eigenvalue weighted by Crippen LogP contribution is 2.35. The number of benzene rings is 1. The molecule has 0 amide bonds. The van der Waals surface area contributed by atoms with Gasteiger partial charge in [0.2, 0.25) is 6.79 Å². The molecule has 1 fully saturated rings. The van der Waals surface area contributed by atoms with E-state index in [0.29, 0.717) is 12.8 Å². The van der Waals surface area contributed by atoms with Crippen LogP contribution in [0.5, 0.6) is 11.5 Å². The fourth-order valence-corrected chi connectivity index (χ4v) is 3.07. The summed E-state index contributed by atoms with van der Waals surface area (Å²) in [6.07, 6.45) is 2.64. The van der Waals surface area contributed by atoms with Gasteiger partial charge in [-0.15, -0.1) is 0 Å². The Kier molecular flexibility index (Phi) is 4.13. The second kappa shape index (κ2) is 6.02. The SMILES string of the molecule is CC(c1ccc2c(c1)OCO2)N(C)CC1CCCNC1. The first kappa shape index (κ1) is 13.7. The lowest BCUT2D eigenvalue weighted by molar-refractivity contribution is 0.173. The Labute approximate surface area is 121 Å². The first-order chi connectivity index (χ1) is 9.74. The van der Waals surface area contributed by atoms with Crippen molar-refractivity contribution in [2.24, 2.45) is 5.92 Å². The maximum atomic E-state index is 5.47. The van der Waals surface area contributed by atoms with Gasteiger partial charge in [-0.2, -0.15) is 0 Å². The number of hydrogen-bond donors (Lipinski definition) is 1. The van der Waals surface area contributed by atoms with Crippen molar-refractivity contribution in [3.05, 3.63) is 23.8 Å². The molecule has 1 N–H and O–H groups in total. The van der Waals surface area contributed by atoms with Gasteiger partial charge in [0.1, 0.15) is 0 Å². The zero-order valence-corrected chi connectivity index (χ0v) is 12.4. The number of piperidine rings is 1. The van der Waals surface area contributed by atoms with E-state index >= 15 is 0 Å². The summed E-state index contributed by atoms with van der Waals surface area (Å²) in [5.74, 6) is 2.51. The maximum absolute atomic E-state index is 5.47. The molecule has 2 heterocycles. The summed E-state index contributed by atoms with van der Waals surface area (Å²) in [6, 6.07) is 6.67. The molecule has 0 spiro atoms. The van der Waals surface area contributed by atoms with E-state index in [4.69, 9.17) is 9.47 Å². The molecule has 4 heteroatoms. The number of hydrogen-bond acceptors (Lipinski definition) is 4. The smallest absolute Gasteiger partial charge is 0.231 e. The predicted octanol–water partition coefficient (Wildman–Crippen LogP) is 2.41. The molecule has 1 saturated heterocycles. The van der Waals surface area contributed by atoms with E-state index < -0.39 is 0 Å². The Bertz CT molecular complexity index is 458. The Morgan fingerprint density at radius 1 is 1.35 bits per heavy atom. The fourth-order valence-electron chi connectivity index (χ4n) is 3.07. The number of fused-ring (bicyclic) bond motifs is 1. The minimum Gasteiger partial charge on any atom is -0.454 e. The van der Waals surface area contributed by atoms with Crippen LogP contribution in [0, 0.1) is 5.92 Å². The maximum Gasteiger partial charge on any atom is 0.231 e. The number of nitrogens with one attached hydrogen (secondary N) is 1. The molecule has 0 aliphatic carbocycles. The van der Waals surface area contributed by atoms with E-state index in [1.165, 1.54) is 24.9 Å². The normalized spacial score (nSPS) is 23.1.